The number of amides is 1. The summed E-state index contributed by atoms with van der Waals surface area (Å²) >= 11 is 0. The van der Waals surface area contributed by atoms with Crippen LogP contribution in [0.1, 0.15) is 44.9 Å². The number of hydrogen-bond acceptors (Lipinski definition) is 2. The van der Waals surface area contributed by atoms with E-state index >= 15 is 0 Å². The molecule has 0 radical (unpaired) electrons. The summed E-state index contributed by atoms with van der Waals surface area (Å²) in [7, 11) is 0. The van der Waals surface area contributed by atoms with Crippen molar-refractivity contribution in [1.29, 1.82) is 0 Å². The molecule has 3 nitrogen and oxygen atoms in total. The van der Waals surface area contributed by atoms with Crippen molar-refractivity contribution in [3.63, 3.8) is 0 Å². The van der Waals surface area contributed by atoms with E-state index in [4.69, 9.17) is 5.11 Å². The molecule has 0 bridgehead atoms. The minimum Gasteiger partial charge on any atom is -0.396 e. The monoisotopic (exact) mass is 225 g/mol. The van der Waals surface area contributed by atoms with Gasteiger partial charge in [-0.25, -0.2) is 0 Å². The van der Waals surface area contributed by atoms with Gasteiger partial charge in [-0.05, 0) is 37.5 Å². The van der Waals surface area contributed by atoms with Crippen molar-refractivity contribution in [2.75, 3.05) is 19.7 Å². The van der Waals surface area contributed by atoms with Gasteiger partial charge >= 0.3 is 0 Å². The first-order valence-corrected chi connectivity index (χ1v) is 6.68. The summed E-state index contributed by atoms with van der Waals surface area (Å²) in [5.74, 6) is 1.29. The number of aliphatic hydroxyl groups is 1. The predicted octanol–water partition coefficient (Wildman–Crippen LogP) is 1.80. The topological polar surface area (TPSA) is 40.5 Å². The maximum Gasteiger partial charge on any atom is 0.222 e. The SMILES string of the molecule is O=C(CC1CCCC1)N1CCC[C@@H](CO)C1. The van der Waals surface area contributed by atoms with Gasteiger partial charge < -0.3 is 10.0 Å². The van der Waals surface area contributed by atoms with Gasteiger partial charge in [-0.2, -0.15) is 0 Å². The second kappa shape index (κ2) is 5.67. The number of carbonyl (C=O) groups is 1. The minimum absolute atomic E-state index is 0.229. The molecule has 2 fully saturated rings. The Labute approximate surface area is 97.8 Å². The van der Waals surface area contributed by atoms with Gasteiger partial charge in [0.15, 0.2) is 0 Å². The minimum atomic E-state index is 0.229. The molecule has 1 atom stereocenters. The number of hydrogen-bond donors (Lipinski definition) is 1. The van der Waals surface area contributed by atoms with Crippen LogP contribution in [0.25, 0.3) is 0 Å². The largest absolute Gasteiger partial charge is 0.396 e. The summed E-state index contributed by atoms with van der Waals surface area (Å²) in [5, 5.41) is 9.14. The highest BCUT2D eigenvalue weighted by Gasteiger charge is 2.26. The van der Waals surface area contributed by atoms with Gasteiger partial charge in [0.1, 0.15) is 0 Å². The molecule has 0 aromatic rings. The Balaban J connectivity index is 1.79. The van der Waals surface area contributed by atoms with Crippen molar-refractivity contribution in [3.8, 4) is 0 Å². The highest BCUT2D eigenvalue weighted by Crippen LogP contribution is 2.28. The first-order chi connectivity index (χ1) is 7.79. The Kier molecular flexibility index (Phi) is 4.22. The van der Waals surface area contributed by atoms with Crippen LogP contribution < -0.4 is 0 Å². The van der Waals surface area contributed by atoms with Crippen molar-refractivity contribution in [1.82, 2.24) is 4.90 Å². The van der Waals surface area contributed by atoms with Crippen molar-refractivity contribution < 1.29 is 9.90 Å². The summed E-state index contributed by atoms with van der Waals surface area (Å²) < 4.78 is 0. The predicted molar refractivity (Wildman–Crippen MR) is 63.0 cm³/mol. The fourth-order valence-electron chi connectivity index (χ4n) is 3.03. The van der Waals surface area contributed by atoms with Gasteiger partial charge in [0.25, 0.3) is 0 Å². The summed E-state index contributed by atoms with van der Waals surface area (Å²) in [5.41, 5.74) is 0. The molecule has 3 heteroatoms. The van der Waals surface area contributed by atoms with Crippen LogP contribution >= 0.6 is 0 Å². The lowest BCUT2D eigenvalue weighted by atomic mass is 9.97. The quantitative estimate of drug-likeness (QED) is 0.795. The molecule has 1 aliphatic carbocycles. The van der Waals surface area contributed by atoms with Gasteiger partial charge in [-0.15, -0.1) is 0 Å². The molecule has 2 aliphatic rings. The molecule has 1 aliphatic heterocycles. The summed E-state index contributed by atoms with van der Waals surface area (Å²) in [4.78, 5) is 14.0. The lowest BCUT2D eigenvalue weighted by Crippen LogP contribution is -2.41. The Morgan fingerprint density at radius 3 is 2.50 bits per heavy atom. The normalized spacial score (nSPS) is 27.3. The molecule has 0 unspecified atom stereocenters. The molecule has 1 amide bonds. The third kappa shape index (κ3) is 2.97. The second-order valence-corrected chi connectivity index (χ2v) is 5.39. The lowest BCUT2D eigenvalue weighted by molar-refractivity contribution is -0.134. The smallest absolute Gasteiger partial charge is 0.222 e. The Hall–Kier alpha value is -0.570. The van der Waals surface area contributed by atoms with Crippen LogP contribution in [-0.2, 0) is 4.79 Å². The number of nitrogens with zero attached hydrogens (tertiary/aromatic N) is 1. The average Bonchev–Trinajstić information content (AvgIpc) is 2.82. The lowest BCUT2D eigenvalue weighted by Gasteiger charge is -2.32. The highest BCUT2D eigenvalue weighted by molar-refractivity contribution is 5.76. The number of aliphatic hydroxyl groups excluding tert-OH is 1. The molecule has 0 aromatic heterocycles. The van der Waals surface area contributed by atoms with Crippen LogP contribution in [0.5, 0.6) is 0 Å². The van der Waals surface area contributed by atoms with Crippen LogP contribution in [0.4, 0.5) is 0 Å². The molecular formula is C13H23NO2. The van der Waals surface area contributed by atoms with Crippen molar-refractivity contribution in [3.05, 3.63) is 0 Å². The zero-order valence-electron chi connectivity index (χ0n) is 10.0. The number of piperidine rings is 1. The molecule has 2 rings (SSSR count). The molecule has 1 saturated carbocycles. The summed E-state index contributed by atoms with van der Waals surface area (Å²) in [6.07, 6.45) is 7.96. The van der Waals surface area contributed by atoms with Gasteiger partial charge in [0.2, 0.25) is 5.91 Å². The highest BCUT2D eigenvalue weighted by atomic mass is 16.3. The van der Waals surface area contributed by atoms with Crippen molar-refractivity contribution >= 4 is 5.91 Å². The third-order valence-corrected chi connectivity index (χ3v) is 4.07. The van der Waals surface area contributed by atoms with Gasteiger partial charge in [0.05, 0.1) is 0 Å². The van der Waals surface area contributed by atoms with E-state index in [2.05, 4.69) is 0 Å². The van der Waals surface area contributed by atoms with Crippen LogP contribution in [0.2, 0.25) is 0 Å². The first kappa shape index (κ1) is 11.9. The number of rotatable bonds is 3. The van der Waals surface area contributed by atoms with E-state index in [1.54, 1.807) is 0 Å². The van der Waals surface area contributed by atoms with Crippen LogP contribution in [0.15, 0.2) is 0 Å². The third-order valence-electron chi connectivity index (χ3n) is 4.07. The fourth-order valence-corrected chi connectivity index (χ4v) is 3.03. The molecule has 1 heterocycles. The summed E-state index contributed by atoms with van der Waals surface area (Å²) in [6.45, 7) is 1.91. The maximum atomic E-state index is 12.1. The van der Waals surface area contributed by atoms with E-state index in [0.29, 0.717) is 17.7 Å². The molecule has 1 N–H and O–H groups in total. The standard InChI is InChI=1S/C13H23NO2/c15-10-12-6-3-7-14(9-12)13(16)8-11-4-1-2-5-11/h11-12,15H,1-10H2/t12-/m1/s1. The Morgan fingerprint density at radius 1 is 1.12 bits per heavy atom. The molecule has 16 heavy (non-hydrogen) atoms. The van der Waals surface area contributed by atoms with E-state index in [-0.39, 0.29) is 6.61 Å². The molecule has 0 aromatic carbocycles. The van der Waals surface area contributed by atoms with E-state index in [1.807, 2.05) is 4.90 Å². The van der Waals surface area contributed by atoms with Crippen LogP contribution in [0, 0.1) is 11.8 Å². The summed E-state index contributed by atoms with van der Waals surface area (Å²) in [6, 6.07) is 0. The van der Waals surface area contributed by atoms with Gasteiger partial charge in [-0.3, -0.25) is 4.79 Å². The zero-order chi connectivity index (χ0) is 11.4. The van der Waals surface area contributed by atoms with Gasteiger partial charge in [0, 0.05) is 26.1 Å². The number of likely N-dealkylation sites (tertiary alicyclic amines) is 1. The maximum absolute atomic E-state index is 12.1. The van der Waals surface area contributed by atoms with E-state index in [0.717, 1.165) is 32.4 Å². The second-order valence-electron chi connectivity index (χ2n) is 5.39. The first-order valence-electron chi connectivity index (χ1n) is 6.68. The molecule has 0 spiro atoms. The van der Waals surface area contributed by atoms with E-state index in [1.165, 1.54) is 25.7 Å². The van der Waals surface area contributed by atoms with Crippen molar-refractivity contribution in [2.45, 2.75) is 44.9 Å². The molecule has 92 valence electrons. The Morgan fingerprint density at radius 2 is 1.81 bits per heavy atom. The van der Waals surface area contributed by atoms with E-state index < -0.39 is 0 Å². The average molecular weight is 225 g/mol. The Bertz CT molecular complexity index is 236. The van der Waals surface area contributed by atoms with Crippen molar-refractivity contribution in [2.24, 2.45) is 11.8 Å². The van der Waals surface area contributed by atoms with Gasteiger partial charge in [-0.1, -0.05) is 12.8 Å². The fraction of sp³-hybridized carbons (Fsp3) is 0.923. The molecular weight excluding hydrogens is 202 g/mol. The molecule has 1 saturated heterocycles. The zero-order valence-corrected chi connectivity index (χ0v) is 10.0. The number of carbonyl (C=O) groups excluding carboxylic acids is 1. The van der Waals surface area contributed by atoms with E-state index in [9.17, 15) is 4.79 Å². The van der Waals surface area contributed by atoms with Crippen LogP contribution in [-0.4, -0.2) is 35.6 Å². The van der Waals surface area contributed by atoms with Crippen LogP contribution in [0.3, 0.4) is 0 Å².